The van der Waals surface area contributed by atoms with Gasteiger partial charge in [0.05, 0.1) is 6.54 Å². The van der Waals surface area contributed by atoms with E-state index in [2.05, 4.69) is 5.73 Å². The van der Waals surface area contributed by atoms with Crippen molar-refractivity contribution in [3.8, 4) is 0 Å². The van der Waals surface area contributed by atoms with E-state index < -0.39 is 5.91 Å². The van der Waals surface area contributed by atoms with E-state index in [1.54, 1.807) is 0 Å². The van der Waals surface area contributed by atoms with Gasteiger partial charge in [-0.25, -0.2) is 0 Å². The minimum Gasteiger partial charge on any atom is -0.369 e. The molecule has 0 aromatic carbocycles. The number of rotatable bonds is 1. The minimum atomic E-state index is -0.468. The second-order valence-corrected chi connectivity index (χ2v) is 0.670. The first-order chi connectivity index (χ1) is 3.27. The van der Waals surface area contributed by atoms with Gasteiger partial charge in [-0.3, -0.25) is 4.79 Å². The smallest absolute Gasteiger partial charge is 0.231 e. The highest BCUT2D eigenvalue weighted by Crippen LogP contribution is 1.36. The lowest BCUT2D eigenvalue weighted by atomic mass is 10.7. The SMILES string of the molecule is CC.NCC(N)=O. The molecule has 0 atom stereocenters. The summed E-state index contributed by atoms with van der Waals surface area (Å²) in [7, 11) is 0. The van der Waals surface area contributed by atoms with Crippen LogP contribution in [0.2, 0.25) is 0 Å². The molecule has 0 fully saturated rings. The van der Waals surface area contributed by atoms with Crippen molar-refractivity contribution in [2.45, 2.75) is 13.8 Å². The molecule has 0 bridgehead atoms. The third-order valence-corrected chi connectivity index (χ3v) is 0.201. The maximum absolute atomic E-state index is 9.47. The maximum Gasteiger partial charge on any atom is 0.231 e. The van der Waals surface area contributed by atoms with Crippen molar-refractivity contribution in [1.82, 2.24) is 0 Å². The lowest BCUT2D eigenvalue weighted by Gasteiger charge is -1.74. The quantitative estimate of drug-likeness (QED) is 0.469. The van der Waals surface area contributed by atoms with E-state index in [0.29, 0.717) is 0 Å². The Balaban J connectivity index is 0. The van der Waals surface area contributed by atoms with Gasteiger partial charge in [0.2, 0.25) is 5.91 Å². The lowest BCUT2D eigenvalue weighted by molar-refractivity contribution is -0.116. The standard InChI is InChI=1S/C2H6N2O.C2H6/c3-1-2(4)5;1-2/h1,3H2,(H2,4,5);1-2H3. The summed E-state index contributed by atoms with van der Waals surface area (Å²) in [6, 6.07) is 0. The van der Waals surface area contributed by atoms with Crippen LogP contribution in [-0.4, -0.2) is 12.5 Å². The predicted octanol–water partition coefficient (Wildman–Crippen LogP) is -0.543. The molecule has 0 rings (SSSR count). The van der Waals surface area contributed by atoms with Crippen LogP contribution >= 0.6 is 0 Å². The number of hydrogen-bond acceptors (Lipinski definition) is 2. The van der Waals surface area contributed by atoms with Crippen molar-refractivity contribution < 1.29 is 4.79 Å². The van der Waals surface area contributed by atoms with Crippen LogP contribution in [0.5, 0.6) is 0 Å². The summed E-state index contributed by atoms with van der Waals surface area (Å²) in [5.41, 5.74) is 9.22. The third-order valence-electron chi connectivity index (χ3n) is 0.201. The molecule has 0 spiro atoms. The second-order valence-electron chi connectivity index (χ2n) is 0.670. The summed E-state index contributed by atoms with van der Waals surface area (Å²) < 4.78 is 0. The van der Waals surface area contributed by atoms with Crippen LogP contribution in [0.25, 0.3) is 0 Å². The van der Waals surface area contributed by atoms with Gasteiger partial charge in [-0.15, -0.1) is 0 Å². The Morgan fingerprint density at radius 3 is 1.71 bits per heavy atom. The maximum atomic E-state index is 9.47. The van der Waals surface area contributed by atoms with E-state index >= 15 is 0 Å². The van der Waals surface area contributed by atoms with Gasteiger partial charge in [0.25, 0.3) is 0 Å². The topological polar surface area (TPSA) is 69.1 Å². The van der Waals surface area contributed by atoms with Gasteiger partial charge in [0, 0.05) is 0 Å². The van der Waals surface area contributed by atoms with Crippen molar-refractivity contribution in [2.75, 3.05) is 6.54 Å². The Morgan fingerprint density at radius 1 is 1.57 bits per heavy atom. The van der Waals surface area contributed by atoms with Gasteiger partial charge in [-0.2, -0.15) is 0 Å². The molecular weight excluding hydrogens is 92.1 g/mol. The largest absolute Gasteiger partial charge is 0.369 e. The normalized spacial score (nSPS) is 6.14. The Kier molecular flexibility index (Phi) is 12.5. The number of carbonyl (C=O) groups excluding carboxylic acids is 1. The third kappa shape index (κ3) is 31.2. The van der Waals surface area contributed by atoms with Crippen molar-refractivity contribution >= 4 is 5.91 Å². The van der Waals surface area contributed by atoms with E-state index in [4.69, 9.17) is 5.73 Å². The Hall–Kier alpha value is -0.570. The Labute approximate surface area is 43.7 Å². The molecule has 0 aliphatic heterocycles. The molecule has 0 radical (unpaired) electrons. The molecule has 0 saturated carbocycles. The average molecular weight is 104 g/mol. The van der Waals surface area contributed by atoms with Crippen LogP contribution in [0.3, 0.4) is 0 Å². The van der Waals surface area contributed by atoms with E-state index in [-0.39, 0.29) is 6.54 Å². The molecule has 0 aliphatic carbocycles. The zero-order valence-corrected chi connectivity index (χ0v) is 4.77. The number of nitrogens with two attached hydrogens (primary N) is 2. The molecular formula is C4H12N2O. The highest BCUT2D eigenvalue weighted by Gasteiger charge is 1.77. The Bertz CT molecular complexity index is 45.0. The van der Waals surface area contributed by atoms with E-state index in [1.165, 1.54) is 0 Å². The van der Waals surface area contributed by atoms with Crippen LogP contribution in [0, 0.1) is 0 Å². The van der Waals surface area contributed by atoms with Gasteiger partial charge in [-0.1, -0.05) is 13.8 Å². The molecule has 0 aromatic heterocycles. The van der Waals surface area contributed by atoms with Crippen LogP contribution in [0.1, 0.15) is 13.8 Å². The number of hydrogen-bond donors (Lipinski definition) is 2. The molecule has 44 valence electrons. The van der Waals surface area contributed by atoms with E-state index in [0.717, 1.165) is 0 Å². The molecule has 0 heterocycles. The summed E-state index contributed by atoms with van der Waals surface area (Å²) in [4.78, 5) is 9.47. The number of carbonyl (C=O) groups is 1. The van der Waals surface area contributed by atoms with Crippen LogP contribution in [-0.2, 0) is 4.79 Å². The molecule has 0 unspecified atom stereocenters. The zero-order valence-electron chi connectivity index (χ0n) is 4.77. The fourth-order valence-electron chi connectivity index (χ4n) is 0. The first kappa shape index (κ1) is 9.66. The molecule has 3 heteroatoms. The van der Waals surface area contributed by atoms with Crippen LogP contribution in [0.4, 0.5) is 0 Å². The number of amides is 1. The van der Waals surface area contributed by atoms with Crippen molar-refractivity contribution in [3.63, 3.8) is 0 Å². The van der Waals surface area contributed by atoms with E-state index in [1.807, 2.05) is 13.8 Å². The summed E-state index contributed by atoms with van der Waals surface area (Å²) in [6.45, 7) is 3.94. The first-order valence-corrected chi connectivity index (χ1v) is 2.25. The molecule has 7 heavy (non-hydrogen) atoms. The molecule has 0 aliphatic rings. The molecule has 0 aromatic rings. The van der Waals surface area contributed by atoms with Gasteiger partial charge >= 0.3 is 0 Å². The van der Waals surface area contributed by atoms with E-state index in [9.17, 15) is 4.79 Å². The minimum absolute atomic E-state index is 0.0556. The summed E-state index contributed by atoms with van der Waals surface area (Å²) >= 11 is 0. The summed E-state index contributed by atoms with van der Waals surface area (Å²) in [6.07, 6.45) is 0. The highest BCUT2D eigenvalue weighted by molar-refractivity contribution is 5.75. The fraction of sp³-hybridized carbons (Fsp3) is 0.750. The van der Waals surface area contributed by atoms with Gasteiger partial charge < -0.3 is 11.5 Å². The molecule has 0 saturated heterocycles. The lowest BCUT2D eigenvalue weighted by Crippen LogP contribution is -2.21. The molecule has 3 nitrogen and oxygen atoms in total. The molecule has 1 amide bonds. The highest BCUT2D eigenvalue weighted by atomic mass is 16.1. The second kappa shape index (κ2) is 9.06. The fourth-order valence-corrected chi connectivity index (χ4v) is 0. The molecule has 4 N–H and O–H groups in total. The van der Waals surface area contributed by atoms with Crippen molar-refractivity contribution in [1.29, 1.82) is 0 Å². The van der Waals surface area contributed by atoms with Gasteiger partial charge in [-0.05, 0) is 0 Å². The van der Waals surface area contributed by atoms with Gasteiger partial charge in [0.15, 0.2) is 0 Å². The summed E-state index contributed by atoms with van der Waals surface area (Å²) in [5.74, 6) is -0.468. The average Bonchev–Trinajstić information content (AvgIpc) is 1.73. The predicted molar refractivity (Wildman–Crippen MR) is 29.6 cm³/mol. The monoisotopic (exact) mass is 104 g/mol. The first-order valence-electron chi connectivity index (χ1n) is 2.25. The Morgan fingerprint density at radius 2 is 1.71 bits per heavy atom. The van der Waals surface area contributed by atoms with Crippen molar-refractivity contribution in [2.24, 2.45) is 11.5 Å². The zero-order chi connectivity index (χ0) is 6.28. The summed E-state index contributed by atoms with van der Waals surface area (Å²) in [5, 5.41) is 0. The van der Waals surface area contributed by atoms with Crippen molar-refractivity contribution in [3.05, 3.63) is 0 Å². The number of primary amides is 1. The van der Waals surface area contributed by atoms with Crippen LogP contribution in [0.15, 0.2) is 0 Å². The van der Waals surface area contributed by atoms with Gasteiger partial charge in [0.1, 0.15) is 0 Å². The van der Waals surface area contributed by atoms with Crippen LogP contribution < -0.4 is 11.5 Å².